The number of benzene rings is 2. The Bertz CT molecular complexity index is 584. The molecule has 1 unspecified atom stereocenters. The summed E-state index contributed by atoms with van der Waals surface area (Å²) in [4.78, 5) is 12.5. The molecule has 0 fully saturated rings. The Labute approximate surface area is 133 Å². The van der Waals surface area contributed by atoms with Gasteiger partial charge in [-0.25, -0.2) is 0 Å². The number of hydrogen-bond acceptors (Lipinski definition) is 1. The average Bonchev–Trinajstić information content (AvgIpc) is 2.59. The van der Waals surface area contributed by atoms with Crippen LogP contribution in [0.15, 0.2) is 72.8 Å². The van der Waals surface area contributed by atoms with Crippen LogP contribution in [-0.2, 0) is 0 Å². The third kappa shape index (κ3) is 5.00. The maximum atomic E-state index is 12.5. The summed E-state index contributed by atoms with van der Waals surface area (Å²) in [5.74, 6) is 0.361. The van der Waals surface area contributed by atoms with Gasteiger partial charge in [-0.05, 0) is 12.0 Å². The molecule has 2 aromatic rings. The second kappa shape index (κ2) is 8.99. The molecule has 22 heavy (non-hydrogen) atoms. The van der Waals surface area contributed by atoms with E-state index in [4.69, 9.17) is 0 Å². The molecule has 0 spiro atoms. The number of ketones is 1. The smallest absolute Gasteiger partial charge is 0.163 e. The van der Waals surface area contributed by atoms with Crippen molar-refractivity contribution in [2.24, 2.45) is 0 Å². The van der Waals surface area contributed by atoms with Gasteiger partial charge in [0, 0.05) is 17.9 Å². The zero-order valence-corrected chi connectivity index (χ0v) is 13.2. The molecule has 1 nitrogen and oxygen atoms in total. The Morgan fingerprint density at radius 2 is 1.64 bits per heavy atom. The highest BCUT2D eigenvalue weighted by molar-refractivity contribution is 5.96. The third-order valence-electron chi connectivity index (χ3n) is 3.82. The number of carbonyl (C=O) groups excluding carboxylic acids is 1. The van der Waals surface area contributed by atoms with Gasteiger partial charge in [0.1, 0.15) is 0 Å². The summed E-state index contributed by atoms with van der Waals surface area (Å²) in [6.07, 6.45) is 8.43. The maximum Gasteiger partial charge on any atom is 0.163 e. The fourth-order valence-corrected chi connectivity index (χ4v) is 2.52. The van der Waals surface area contributed by atoms with Gasteiger partial charge in [0.2, 0.25) is 0 Å². The zero-order chi connectivity index (χ0) is 15.6. The summed E-state index contributed by atoms with van der Waals surface area (Å²) in [5.41, 5.74) is 2.00. The maximum absolute atomic E-state index is 12.5. The van der Waals surface area contributed by atoms with Crippen molar-refractivity contribution in [3.8, 4) is 0 Å². The minimum atomic E-state index is 0.158. The summed E-state index contributed by atoms with van der Waals surface area (Å²) in [5, 5.41) is 0. The predicted molar refractivity (Wildman–Crippen MR) is 93.2 cm³/mol. The van der Waals surface area contributed by atoms with Gasteiger partial charge in [-0.15, -0.1) is 0 Å². The summed E-state index contributed by atoms with van der Waals surface area (Å²) in [6, 6.07) is 19.9. The van der Waals surface area contributed by atoms with E-state index in [9.17, 15) is 4.79 Å². The summed E-state index contributed by atoms with van der Waals surface area (Å²) < 4.78 is 0. The number of Topliss-reactive ketones (excluding diaryl/α,β-unsaturated/α-hetero) is 1. The van der Waals surface area contributed by atoms with Crippen molar-refractivity contribution in [3.05, 3.63) is 83.9 Å². The molecule has 0 aliphatic heterocycles. The van der Waals surface area contributed by atoms with Crippen LogP contribution in [0.3, 0.4) is 0 Å². The normalized spacial score (nSPS) is 12.4. The molecule has 1 atom stereocenters. The van der Waals surface area contributed by atoms with Crippen LogP contribution in [0, 0.1) is 0 Å². The van der Waals surface area contributed by atoms with Crippen LogP contribution in [0.1, 0.15) is 54.4 Å². The Balaban J connectivity index is 2.11. The lowest BCUT2D eigenvalue weighted by molar-refractivity contribution is 0.0978. The number of rotatable bonds is 8. The van der Waals surface area contributed by atoms with E-state index in [1.54, 1.807) is 0 Å². The molecule has 0 aliphatic rings. The van der Waals surface area contributed by atoms with E-state index in [0.29, 0.717) is 6.42 Å². The van der Waals surface area contributed by atoms with Crippen molar-refractivity contribution >= 4 is 5.78 Å². The van der Waals surface area contributed by atoms with Gasteiger partial charge < -0.3 is 0 Å². The van der Waals surface area contributed by atoms with E-state index < -0.39 is 0 Å². The van der Waals surface area contributed by atoms with Crippen molar-refractivity contribution in [2.75, 3.05) is 0 Å². The van der Waals surface area contributed by atoms with E-state index in [0.717, 1.165) is 12.0 Å². The van der Waals surface area contributed by atoms with Crippen molar-refractivity contribution in [1.29, 1.82) is 0 Å². The molecule has 0 N–H and O–H groups in total. The van der Waals surface area contributed by atoms with Gasteiger partial charge in [-0.3, -0.25) is 4.79 Å². The van der Waals surface area contributed by atoms with Crippen molar-refractivity contribution < 1.29 is 4.79 Å². The molecule has 114 valence electrons. The zero-order valence-electron chi connectivity index (χ0n) is 13.2. The van der Waals surface area contributed by atoms with E-state index >= 15 is 0 Å². The topological polar surface area (TPSA) is 17.1 Å². The number of unbranched alkanes of at least 4 members (excludes halogenated alkanes) is 2. The van der Waals surface area contributed by atoms with Gasteiger partial charge >= 0.3 is 0 Å². The third-order valence-corrected chi connectivity index (χ3v) is 3.82. The van der Waals surface area contributed by atoms with Gasteiger partial charge in [0.25, 0.3) is 0 Å². The minimum absolute atomic E-state index is 0.158. The molecule has 0 bridgehead atoms. The largest absolute Gasteiger partial charge is 0.294 e. The van der Waals surface area contributed by atoms with E-state index in [2.05, 4.69) is 31.2 Å². The summed E-state index contributed by atoms with van der Waals surface area (Å²) >= 11 is 0. The first-order chi connectivity index (χ1) is 10.8. The SMILES string of the molecule is CCCC/C=C/C(CC(=O)c1ccccc1)c1ccccc1. The van der Waals surface area contributed by atoms with Gasteiger partial charge in [-0.1, -0.05) is 92.6 Å². The van der Waals surface area contributed by atoms with Crippen LogP contribution < -0.4 is 0 Å². The second-order valence-electron chi connectivity index (χ2n) is 5.58. The van der Waals surface area contributed by atoms with Crippen LogP contribution in [0.4, 0.5) is 0 Å². The number of allylic oxidation sites excluding steroid dienone is 2. The lowest BCUT2D eigenvalue weighted by Crippen LogP contribution is -2.06. The standard InChI is InChI=1S/C21H24O/c1-2-3-4-7-16-20(18-12-8-5-9-13-18)17-21(22)19-14-10-6-11-15-19/h5-16,20H,2-4,17H2,1H3/b16-7+. The lowest BCUT2D eigenvalue weighted by Gasteiger charge is -2.13. The van der Waals surface area contributed by atoms with E-state index in [-0.39, 0.29) is 11.7 Å². The quantitative estimate of drug-likeness (QED) is 0.342. The Morgan fingerprint density at radius 1 is 1.00 bits per heavy atom. The van der Waals surface area contributed by atoms with Gasteiger partial charge in [0.15, 0.2) is 5.78 Å². The fraction of sp³-hybridized carbons (Fsp3) is 0.286. The highest BCUT2D eigenvalue weighted by Gasteiger charge is 2.14. The lowest BCUT2D eigenvalue weighted by atomic mass is 9.91. The van der Waals surface area contributed by atoms with Gasteiger partial charge in [0.05, 0.1) is 0 Å². The highest BCUT2D eigenvalue weighted by Crippen LogP contribution is 2.23. The molecular formula is C21H24O. The monoisotopic (exact) mass is 292 g/mol. The van der Waals surface area contributed by atoms with Crippen molar-refractivity contribution in [2.45, 2.75) is 38.5 Å². The Hall–Kier alpha value is -2.15. The molecule has 2 aromatic carbocycles. The molecule has 0 aliphatic carbocycles. The molecule has 0 aromatic heterocycles. The Kier molecular flexibility index (Phi) is 6.63. The first-order valence-electron chi connectivity index (χ1n) is 8.11. The Morgan fingerprint density at radius 3 is 2.27 bits per heavy atom. The van der Waals surface area contributed by atoms with E-state index in [1.165, 1.54) is 18.4 Å². The fourth-order valence-electron chi connectivity index (χ4n) is 2.52. The number of carbonyl (C=O) groups is 1. The first kappa shape index (κ1) is 16.2. The van der Waals surface area contributed by atoms with Crippen LogP contribution in [0.5, 0.6) is 0 Å². The molecule has 0 saturated carbocycles. The number of hydrogen-bond donors (Lipinski definition) is 0. The van der Waals surface area contributed by atoms with Crippen molar-refractivity contribution in [1.82, 2.24) is 0 Å². The predicted octanol–water partition coefficient (Wildman–Crippen LogP) is 5.79. The molecule has 0 saturated heterocycles. The molecule has 1 heteroatoms. The minimum Gasteiger partial charge on any atom is -0.294 e. The molecule has 2 rings (SSSR count). The van der Waals surface area contributed by atoms with Crippen LogP contribution in [-0.4, -0.2) is 5.78 Å². The molecule has 0 heterocycles. The average molecular weight is 292 g/mol. The highest BCUT2D eigenvalue weighted by atomic mass is 16.1. The second-order valence-corrected chi connectivity index (χ2v) is 5.58. The summed E-state index contributed by atoms with van der Waals surface area (Å²) in [6.45, 7) is 2.20. The molecular weight excluding hydrogens is 268 g/mol. The first-order valence-corrected chi connectivity index (χ1v) is 8.11. The molecule has 0 amide bonds. The van der Waals surface area contributed by atoms with Gasteiger partial charge in [-0.2, -0.15) is 0 Å². The van der Waals surface area contributed by atoms with Crippen molar-refractivity contribution in [3.63, 3.8) is 0 Å². The van der Waals surface area contributed by atoms with Crippen LogP contribution in [0.25, 0.3) is 0 Å². The van der Waals surface area contributed by atoms with Crippen LogP contribution in [0.2, 0.25) is 0 Å². The molecule has 0 radical (unpaired) electrons. The van der Waals surface area contributed by atoms with Crippen LogP contribution >= 0.6 is 0 Å². The summed E-state index contributed by atoms with van der Waals surface area (Å²) in [7, 11) is 0. The van der Waals surface area contributed by atoms with E-state index in [1.807, 2.05) is 48.5 Å².